The van der Waals surface area contributed by atoms with Crippen molar-refractivity contribution in [3.8, 4) is 17.1 Å². The van der Waals surface area contributed by atoms with E-state index in [9.17, 15) is 9.18 Å². The van der Waals surface area contributed by atoms with Gasteiger partial charge in [-0.05, 0) is 36.4 Å². The number of halogens is 1. The Hall–Kier alpha value is -3.93. The molecule has 0 aliphatic heterocycles. The van der Waals surface area contributed by atoms with Gasteiger partial charge in [0.25, 0.3) is 0 Å². The first-order valence-corrected chi connectivity index (χ1v) is 9.26. The highest BCUT2D eigenvalue weighted by Gasteiger charge is 2.10. The second-order valence-corrected chi connectivity index (χ2v) is 6.52. The van der Waals surface area contributed by atoms with E-state index in [4.69, 9.17) is 14.0 Å². The summed E-state index contributed by atoms with van der Waals surface area (Å²) >= 11 is 0. The third-order valence-corrected chi connectivity index (χ3v) is 4.51. The molecule has 30 heavy (non-hydrogen) atoms. The van der Waals surface area contributed by atoms with E-state index in [0.717, 1.165) is 5.56 Å². The number of nitrogens with zero attached hydrogens (tertiary/aromatic N) is 1. The Morgan fingerprint density at radius 3 is 2.50 bits per heavy atom. The Balaban J connectivity index is 1.62. The summed E-state index contributed by atoms with van der Waals surface area (Å²) in [5, 5.41) is 4.43. The fourth-order valence-electron chi connectivity index (χ4n) is 3.04. The van der Waals surface area contributed by atoms with Crippen LogP contribution in [0.15, 0.2) is 93.2 Å². The van der Waals surface area contributed by atoms with E-state index in [1.807, 2.05) is 30.3 Å². The minimum absolute atomic E-state index is 0.0909. The van der Waals surface area contributed by atoms with Crippen LogP contribution in [0.4, 0.5) is 4.39 Å². The first kappa shape index (κ1) is 19.4. The van der Waals surface area contributed by atoms with E-state index in [1.54, 1.807) is 30.3 Å². The van der Waals surface area contributed by atoms with Gasteiger partial charge in [-0.25, -0.2) is 4.39 Å². The normalized spacial score (nSPS) is 11.5. The van der Waals surface area contributed by atoms with Crippen LogP contribution in [0.3, 0.4) is 0 Å². The Kier molecular flexibility index (Phi) is 5.57. The molecule has 0 aliphatic rings. The predicted octanol–water partition coefficient (Wildman–Crippen LogP) is 5.03. The minimum atomic E-state index is -0.338. The molecule has 0 atom stereocenters. The zero-order valence-corrected chi connectivity index (χ0v) is 16.2. The van der Waals surface area contributed by atoms with Gasteiger partial charge in [-0.3, -0.25) is 4.79 Å². The molecule has 0 fully saturated rings. The summed E-state index contributed by atoms with van der Waals surface area (Å²) < 4.78 is 25.0. The van der Waals surface area contributed by atoms with Crippen molar-refractivity contribution >= 4 is 16.7 Å². The van der Waals surface area contributed by atoms with Gasteiger partial charge in [-0.2, -0.15) is 0 Å². The molecule has 1 heterocycles. The predicted molar refractivity (Wildman–Crippen MR) is 113 cm³/mol. The zero-order valence-electron chi connectivity index (χ0n) is 16.2. The molecule has 4 aromatic rings. The van der Waals surface area contributed by atoms with Crippen LogP contribution in [0.5, 0.6) is 5.75 Å². The second-order valence-electron chi connectivity index (χ2n) is 6.52. The van der Waals surface area contributed by atoms with E-state index in [1.165, 1.54) is 25.3 Å². The largest absolute Gasteiger partial charge is 0.487 e. The minimum Gasteiger partial charge on any atom is -0.487 e. The molecule has 0 saturated carbocycles. The first-order valence-electron chi connectivity index (χ1n) is 9.26. The van der Waals surface area contributed by atoms with Crippen molar-refractivity contribution in [3.63, 3.8) is 0 Å². The summed E-state index contributed by atoms with van der Waals surface area (Å²) in [6, 6.07) is 21.8. The van der Waals surface area contributed by atoms with Crippen LogP contribution >= 0.6 is 0 Å². The number of benzene rings is 3. The van der Waals surface area contributed by atoms with Gasteiger partial charge in [-0.1, -0.05) is 35.5 Å². The topological polar surface area (TPSA) is 61.0 Å². The van der Waals surface area contributed by atoms with E-state index >= 15 is 0 Å². The number of fused-ring (bicyclic) bond motifs is 1. The van der Waals surface area contributed by atoms with Crippen molar-refractivity contribution in [3.05, 3.63) is 100 Å². The summed E-state index contributed by atoms with van der Waals surface area (Å²) in [7, 11) is 1.43. The molecule has 0 saturated heterocycles. The lowest BCUT2D eigenvalue weighted by atomic mass is 10.1. The van der Waals surface area contributed by atoms with Crippen LogP contribution in [-0.4, -0.2) is 19.4 Å². The summed E-state index contributed by atoms with van der Waals surface area (Å²) in [4.78, 5) is 17.4. The summed E-state index contributed by atoms with van der Waals surface area (Å²) in [5.74, 6) is 0.648. The van der Waals surface area contributed by atoms with Crippen LogP contribution in [0, 0.1) is 5.82 Å². The van der Waals surface area contributed by atoms with Crippen molar-refractivity contribution < 1.29 is 18.4 Å². The molecule has 4 rings (SSSR count). The van der Waals surface area contributed by atoms with Crippen molar-refractivity contribution in [2.45, 2.75) is 0 Å². The molecule has 5 nitrogen and oxygen atoms in total. The first-order chi connectivity index (χ1) is 14.6. The van der Waals surface area contributed by atoms with Crippen LogP contribution < -0.4 is 10.2 Å². The quantitative estimate of drug-likeness (QED) is 0.335. The fourth-order valence-corrected chi connectivity index (χ4v) is 3.04. The van der Waals surface area contributed by atoms with Crippen LogP contribution in [0.25, 0.3) is 22.3 Å². The summed E-state index contributed by atoms with van der Waals surface area (Å²) in [6.45, 7) is 0.0909. The van der Waals surface area contributed by atoms with Crippen molar-refractivity contribution in [2.75, 3.05) is 13.7 Å². The Bertz CT molecular complexity index is 1250. The summed E-state index contributed by atoms with van der Waals surface area (Å²) in [5.41, 5.74) is 2.28. The standard InChI is InChI=1S/C24H18FNO4/c1-28-26-21(16-7-9-18(25)10-8-16)15-29-19-11-12-20-22(27)14-23(30-24(20)13-19)17-5-3-2-4-6-17/h2-14H,15H2,1H3/b26-21+. The Labute approximate surface area is 172 Å². The number of rotatable bonds is 6. The van der Waals surface area contributed by atoms with Gasteiger partial charge >= 0.3 is 0 Å². The highest BCUT2D eigenvalue weighted by molar-refractivity contribution is 6.01. The number of oxime groups is 1. The average Bonchev–Trinajstić information content (AvgIpc) is 2.77. The third-order valence-electron chi connectivity index (χ3n) is 4.51. The lowest BCUT2D eigenvalue weighted by molar-refractivity contribution is 0.210. The third kappa shape index (κ3) is 4.22. The van der Waals surface area contributed by atoms with E-state index < -0.39 is 0 Å². The van der Waals surface area contributed by atoms with Gasteiger partial charge in [-0.15, -0.1) is 0 Å². The van der Waals surface area contributed by atoms with Gasteiger partial charge in [0, 0.05) is 23.3 Å². The molecular weight excluding hydrogens is 385 g/mol. The van der Waals surface area contributed by atoms with E-state index in [-0.39, 0.29) is 17.9 Å². The Morgan fingerprint density at radius 1 is 1.00 bits per heavy atom. The maximum absolute atomic E-state index is 13.2. The van der Waals surface area contributed by atoms with Crippen LogP contribution in [-0.2, 0) is 4.84 Å². The molecule has 0 spiro atoms. The fraction of sp³-hybridized carbons (Fsp3) is 0.0833. The molecule has 0 aliphatic carbocycles. The van der Waals surface area contributed by atoms with Gasteiger partial charge < -0.3 is 14.0 Å². The zero-order chi connectivity index (χ0) is 20.9. The van der Waals surface area contributed by atoms with E-state index in [2.05, 4.69) is 5.16 Å². The molecule has 0 amide bonds. The highest BCUT2D eigenvalue weighted by atomic mass is 19.1. The number of ether oxygens (including phenoxy) is 1. The smallest absolute Gasteiger partial charge is 0.193 e. The molecule has 0 unspecified atom stereocenters. The molecular formula is C24H18FNO4. The molecule has 0 N–H and O–H groups in total. The monoisotopic (exact) mass is 403 g/mol. The van der Waals surface area contributed by atoms with Crippen molar-refractivity contribution in [1.29, 1.82) is 0 Å². The maximum atomic E-state index is 13.2. The highest BCUT2D eigenvalue weighted by Crippen LogP contribution is 2.25. The molecule has 3 aromatic carbocycles. The molecule has 1 aromatic heterocycles. The van der Waals surface area contributed by atoms with Gasteiger partial charge in [0.15, 0.2) is 5.43 Å². The molecule has 0 bridgehead atoms. The van der Waals surface area contributed by atoms with Crippen molar-refractivity contribution in [2.24, 2.45) is 5.16 Å². The lowest BCUT2D eigenvalue weighted by Crippen LogP contribution is -2.13. The Morgan fingerprint density at radius 2 is 1.77 bits per heavy atom. The van der Waals surface area contributed by atoms with Crippen LogP contribution in [0.2, 0.25) is 0 Å². The molecule has 0 radical (unpaired) electrons. The van der Waals surface area contributed by atoms with Gasteiger partial charge in [0.1, 0.15) is 42.3 Å². The average molecular weight is 403 g/mol. The number of hydrogen-bond acceptors (Lipinski definition) is 5. The second kappa shape index (κ2) is 8.61. The molecule has 150 valence electrons. The molecule has 6 heteroatoms. The lowest BCUT2D eigenvalue weighted by Gasteiger charge is -2.10. The van der Waals surface area contributed by atoms with E-state index in [0.29, 0.717) is 33.8 Å². The van der Waals surface area contributed by atoms with Crippen molar-refractivity contribution in [1.82, 2.24) is 0 Å². The van der Waals surface area contributed by atoms with Gasteiger partial charge in [0.05, 0.1) is 5.39 Å². The maximum Gasteiger partial charge on any atom is 0.193 e. The SMILES string of the molecule is CO/N=C(\COc1ccc2c(=O)cc(-c3ccccc3)oc2c1)c1ccc(F)cc1. The summed E-state index contributed by atoms with van der Waals surface area (Å²) in [6.07, 6.45) is 0. The number of hydrogen-bond donors (Lipinski definition) is 0. The van der Waals surface area contributed by atoms with Crippen LogP contribution in [0.1, 0.15) is 5.56 Å². The van der Waals surface area contributed by atoms with Gasteiger partial charge in [0.2, 0.25) is 0 Å².